The van der Waals surface area contributed by atoms with E-state index in [1.807, 2.05) is 13.2 Å². The van der Waals surface area contributed by atoms with Crippen molar-refractivity contribution in [2.75, 3.05) is 18.4 Å². The van der Waals surface area contributed by atoms with Gasteiger partial charge in [0.1, 0.15) is 4.34 Å². The van der Waals surface area contributed by atoms with Crippen LogP contribution in [0.5, 0.6) is 11.5 Å². The summed E-state index contributed by atoms with van der Waals surface area (Å²) in [4.78, 5) is 17.5. The van der Waals surface area contributed by atoms with Crippen LogP contribution >= 0.6 is 23.1 Å². The van der Waals surface area contributed by atoms with Crippen LogP contribution in [0, 0.1) is 6.92 Å². The van der Waals surface area contributed by atoms with Crippen LogP contribution < -0.4 is 14.8 Å². The summed E-state index contributed by atoms with van der Waals surface area (Å²) in [6, 6.07) is 5.37. The number of anilines is 1. The molecule has 0 bridgehead atoms. The molecule has 3 rings (SSSR count). The monoisotopic (exact) mass is 322 g/mol. The molecule has 1 aromatic carbocycles. The van der Waals surface area contributed by atoms with Crippen molar-refractivity contribution in [3.05, 3.63) is 28.8 Å². The molecule has 7 heteroatoms. The number of aromatic nitrogens is 1. The average molecular weight is 322 g/mol. The highest BCUT2D eigenvalue weighted by Gasteiger charge is 2.15. The van der Waals surface area contributed by atoms with E-state index in [9.17, 15) is 4.79 Å². The number of nitrogens with one attached hydrogen (secondary N) is 1. The summed E-state index contributed by atoms with van der Waals surface area (Å²) >= 11 is 3.16. The molecule has 0 unspecified atom stereocenters. The summed E-state index contributed by atoms with van der Waals surface area (Å²) in [7, 11) is 0. The van der Waals surface area contributed by atoms with Crippen LogP contribution in [0.4, 0.5) is 5.69 Å². The Morgan fingerprint density at radius 3 is 3.00 bits per heavy atom. The van der Waals surface area contributed by atoms with E-state index < -0.39 is 0 Å². The third-order valence-corrected chi connectivity index (χ3v) is 5.17. The molecule has 0 atom stereocenters. The maximum absolute atomic E-state index is 12.1. The second-order valence-electron chi connectivity index (χ2n) is 4.49. The van der Waals surface area contributed by atoms with Gasteiger partial charge in [-0.25, -0.2) is 4.98 Å². The molecule has 0 saturated heterocycles. The third-order valence-electron chi connectivity index (χ3n) is 3.03. The summed E-state index contributed by atoms with van der Waals surface area (Å²) in [5.74, 6) is 1.30. The van der Waals surface area contributed by atoms with Crippen LogP contribution in [0.3, 0.4) is 0 Å². The first kappa shape index (κ1) is 14.2. The molecule has 1 amide bonds. The number of carbonyl (C=O) groups is 1. The van der Waals surface area contributed by atoms with Crippen molar-refractivity contribution in [3.8, 4) is 11.5 Å². The molecule has 1 aliphatic rings. The second-order valence-corrected chi connectivity index (χ2v) is 6.62. The molecule has 0 radical (unpaired) electrons. The summed E-state index contributed by atoms with van der Waals surface area (Å²) in [5.41, 5.74) is 1.63. The van der Waals surface area contributed by atoms with Crippen LogP contribution in [0.15, 0.2) is 22.5 Å². The summed E-state index contributed by atoms with van der Waals surface area (Å²) in [5, 5.41) is 2.87. The molecule has 21 heavy (non-hydrogen) atoms. The van der Waals surface area contributed by atoms with E-state index in [1.54, 1.807) is 41.3 Å². The maximum Gasteiger partial charge on any atom is 0.231 e. The highest BCUT2D eigenvalue weighted by Crippen LogP contribution is 2.34. The Balaban J connectivity index is 1.67. The molecule has 110 valence electrons. The Hall–Kier alpha value is -1.73. The van der Waals surface area contributed by atoms with Crippen LogP contribution in [0.2, 0.25) is 0 Å². The van der Waals surface area contributed by atoms with Gasteiger partial charge in [-0.1, -0.05) is 11.8 Å². The number of aryl methyl sites for hydroxylation is 1. The minimum atomic E-state index is -0.0618. The van der Waals surface area contributed by atoms with Crippen LogP contribution in [0.1, 0.15) is 10.6 Å². The Bertz CT molecular complexity index is 685. The number of thiazole rings is 1. The number of ether oxygens (including phenoxy) is 2. The highest BCUT2D eigenvalue weighted by atomic mass is 32.2. The van der Waals surface area contributed by atoms with Gasteiger partial charge in [-0.2, -0.15) is 0 Å². The summed E-state index contributed by atoms with van der Waals surface area (Å²) in [6.07, 6.45) is 2.31. The van der Waals surface area contributed by atoms with Crippen LogP contribution in [-0.2, 0) is 11.2 Å². The van der Waals surface area contributed by atoms with Crippen LogP contribution in [0.25, 0.3) is 0 Å². The van der Waals surface area contributed by atoms with E-state index in [1.165, 1.54) is 0 Å². The van der Waals surface area contributed by atoms with Crippen molar-refractivity contribution in [1.29, 1.82) is 0 Å². The average Bonchev–Trinajstić information content (AvgIpc) is 3.05. The number of nitrogens with zero attached hydrogens (tertiary/aromatic N) is 1. The largest absolute Gasteiger partial charge is 0.454 e. The van der Waals surface area contributed by atoms with Gasteiger partial charge in [-0.05, 0) is 25.3 Å². The van der Waals surface area contributed by atoms with Gasteiger partial charge in [-0.15, -0.1) is 11.3 Å². The molecule has 1 N–H and O–H groups in total. The van der Waals surface area contributed by atoms with Gasteiger partial charge in [0.2, 0.25) is 12.7 Å². The quantitative estimate of drug-likeness (QED) is 0.877. The van der Waals surface area contributed by atoms with Crippen molar-refractivity contribution in [3.63, 3.8) is 0 Å². The summed E-state index contributed by atoms with van der Waals surface area (Å²) in [6.45, 7) is 2.16. The lowest BCUT2D eigenvalue weighted by molar-refractivity contribution is -0.115. The minimum absolute atomic E-state index is 0.0618. The Kier molecular flexibility index (Phi) is 4.03. The lowest BCUT2D eigenvalue weighted by Crippen LogP contribution is -2.14. The number of fused-ring (bicyclic) bond motifs is 1. The maximum atomic E-state index is 12.1. The van der Waals surface area contributed by atoms with Gasteiger partial charge in [0.15, 0.2) is 11.5 Å². The highest BCUT2D eigenvalue weighted by molar-refractivity contribution is 8.00. The van der Waals surface area contributed by atoms with Crippen molar-refractivity contribution in [2.45, 2.75) is 17.7 Å². The van der Waals surface area contributed by atoms with Crippen LogP contribution in [-0.4, -0.2) is 23.9 Å². The number of amides is 1. The predicted molar refractivity (Wildman–Crippen MR) is 83.5 cm³/mol. The number of hydrogen-bond acceptors (Lipinski definition) is 6. The molecule has 2 aromatic rings. The van der Waals surface area contributed by atoms with Gasteiger partial charge >= 0.3 is 0 Å². The molecular formula is C14H14N2O3S2. The van der Waals surface area contributed by atoms with E-state index in [2.05, 4.69) is 10.3 Å². The Labute approximate surface area is 130 Å². The second kappa shape index (κ2) is 5.95. The van der Waals surface area contributed by atoms with Gasteiger partial charge in [0.25, 0.3) is 0 Å². The van der Waals surface area contributed by atoms with Crippen molar-refractivity contribution in [2.24, 2.45) is 0 Å². The first-order valence-electron chi connectivity index (χ1n) is 6.35. The first-order valence-corrected chi connectivity index (χ1v) is 8.39. The molecular weight excluding hydrogens is 308 g/mol. The van der Waals surface area contributed by atoms with Crippen molar-refractivity contribution in [1.82, 2.24) is 4.98 Å². The topological polar surface area (TPSA) is 60.5 Å². The number of thioether (sulfide) groups is 1. The molecule has 1 aliphatic heterocycles. The van der Waals surface area contributed by atoms with E-state index >= 15 is 0 Å². The van der Waals surface area contributed by atoms with E-state index in [-0.39, 0.29) is 12.7 Å². The Morgan fingerprint density at radius 2 is 2.24 bits per heavy atom. The molecule has 1 aromatic heterocycles. The number of hydrogen-bond donors (Lipinski definition) is 1. The number of rotatable bonds is 4. The standard InChI is InChI=1S/C14H14N2O3S2/c1-8-12(21-14(15-8)20-2)6-13(17)16-9-3-4-10-11(5-9)19-7-18-10/h3-5H,6-7H2,1-2H3,(H,16,17). The third kappa shape index (κ3) is 3.14. The van der Waals surface area contributed by atoms with E-state index in [0.717, 1.165) is 14.9 Å². The van der Waals surface area contributed by atoms with Gasteiger partial charge < -0.3 is 14.8 Å². The lowest BCUT2D eigenvalue weighted by atomic mass is 10.2. The first-order chi connectivity index (χ1) is 10.2. The van der Waals surface area contributed by atoms with Crippen molar-refractivity contribution < 1.29 is 14.3 Å². The molecule has 0 saturated carbocycles. The van der Waals surface area contributed by atoms with Crippen molar-refractivity contribution >= 4 is 34.7 Å². The SMILES string of the molecule is CSc1nc(C)c(CC(=O)Nc2ccc3c(c2)OCO3)s1. The zero-order valence-corrected chi connectivity index (χ0v) is 13.3. The fourth-order valence-electron chi connectivity index (χ4n) is 1.98. The number of benzene rings is 1. The van der Waals surface area contributed by atoms with Gasteiger partial charge in [0.05, 0.1) is 12.1 Å². The van der Waals surface area contributed by atoms with E-state index in [4.69, 9.17) is 9.47 Å². The Morgan fingerprint density at radius 1 is 1.43 bits per heavy atom. The lowest BCUT2D eigenvalue weighted by Gasteiger charge is -2.05. The smallest absolute Gasteiger partial charge is 0.231 e. The molecule has 2 heterocycles. The van der Waals surface area contributed by atoms with E-state index in [0.29, 0.717) is 23.6 Å². The zero-order chi connectivity index (χ0) is 14.8. The summed E-state index contributed by atoms with van der Waals surface area (Å²) < 4.78 is 11.5. The molecule has 0 aliphatic carbocycles. The zero-order valence-electron chi connectivity index (χ0n) is 11.6. The van der Waals surface area contributed by atoms with Gasteiger partial charge in [-0.3, -0.25) is 4.79 Å². The molecule has 0 spiro atoms. The van der Waals surface area contributed by atoms with Gasteiger partial charge in [0, 0.05) is 16.6 Å². The molecule has 5 nitrogen and oxygen atoms in total. The number of carbonyl (C=O) groups excluding carboxylic acids is 1. The minimum Gasteiger partial charge on any atom is -0.454 e. The predicted octanol–water partition coefficient (Wildman–Crippen LogP) is 3.08. The fourth-order valence-corrected chi connectivity index (χ4v) is 3.63. The molecule has 0 fully saturated rings. The fraction of sp³-hybridized carbons (Fsp3) is 0.286. The normalized spacial score (nSPS) is 12.5.